The lowest BCUT2D eigenvalue weighted by Gasteiger charge is -2.07. The number of carbonyl (C=O) groups excluding carboxylic acids is 1. The van der Waals surface area contributed by atoms with E-state index in [0.29, 0.717) is 18.9 Å². The lowest BCUT2D eigenvalue weighted by molar-refractivity contribution is -0.144. The Balaban J connectivity index is 2.48. The summed E-state index contributed by atoms with van der Waals surface area (Å²) in [6, 6.07) is 6.14. The molecule has 0 aliphatic heterocycles. The van der Waals surface area contributed by atoms with Gasteiger partial charge in [0.05, 0.1) is 11.5 Å². The normalized spacial score (nSPS) is 11.6. The van der Waals surface area contributed by atoms with Crippen molar-refractivity contribution < 1.29 is 17.9 Å². The molecule has 0 fully saturated rings. The third kappa shape index (κ3) is 6.07. The number of hydrogen-bond donors (Lipinski definition) is 0. The quantitative estimate of drug-likeness (QED) is 0.599. The van der Waals surface area contributed by atoms with Gasteiger partial charge in [0.2, 0.25) is 0 Å². The minimum atomic E-state index is -3.69. The molecule has 0 radical (unpaired) electrons. The van der Waals surface area contributed by atoms with Gasteiger partial charge in [0.25, 0.3) is 9.05 Å². The zero-order valence-electron chi connectivity index (χ0n) is 10.9. The van der Waals surface area contributed by atoms with E-state index in [4.69, 9.17) is 15.4 Å². The van der Waals surface area contributed by atoms with Crippen LogP contribution in [-0.4, -0.2) is 21.0 Å². The topological polar surface area (TPSA) is 60.4 Å². The van der Waals surface area contributed by atoms with E-state index in [1.807, 2.05) is 13.8 Å². The number of hydrogen-bond acceptors (Lipinski definition) is 4. The van der Waals surface area contributed by atoms with Gasteiger partial charge in [-0.15, -0.1) is 0 Å². The van der Waals surface area contributed by atoms with E-state index in [1.165, 1.54) is 12.1 Å². The summed E-state index contributed by atoms with van der Waals surface area (Å²) in [6.45, 7) is 4.36. The molecule has 1 rings (SSSR count). The molecule has 0 saturated carbocycles. The molecule has 4 nitrogen and oxygen atoms in total. The maximum absolute atomic E-state index is 11.4. The van der Waals surface area contributed by atoms with Crippen molar-refractivity contribution in [2.75, 3.05) is 6.61 Å². The van der Waals surface area contributed by atoms with Crippen LogP contribution in [0.1, 0.15) is 25.8 Å². The highest BCUT2D eigenvalue weighted by molar-refractivity contribution is 8.13. The number of benzene rings is 1. The molecular formula is C13H17ClO4S. The van der Waals surface area contributed by atoms with E-state index in [9.17, 15) is 13.2 Å². The van der Waals surface area contributed by atoms with Crippen LogP contribution in [0.4, 0.5) is 0 Å². The van der Waals surface area contributed by atoms with Crippen molar-refractivity contribution in [1.29, 1.82) is 0 Å². The van der Waals surface area contributed by atoms with Crippen LogP contribution in [0.3, 0.4) is 0 Å². The van der Waals surface area contributed by atoms with Crippen LogP contribution in [0.25, 0.3) is 0 Å². The number of halogens is 1. The predicted octanol–water partition coefficient (Wildman–Crippen LogP) is 2.75. The van der Waals surface area contributed by atoms with Gasteiger partial charge in [0, 0.05) is 17.1 Å². The molecule has 0 unspecified atom stereocenters. The van der Waals surface area contributed by atoms with Crippen LogP contribution >= 0.6 is 10.7 Å². The second-order valence-corrected chi connectivity index (χ2v) is 7.22. The van der Waals surface area contributed by atoms with Gasteiger partial charge in [-0.3, -0.25) is 4.79 Å². The molecule has 0 spiro atoms. The fourth-order valence-corrected chi connectivity index (χ4v) is 2.17. The molecule has 0 amide bonds. The summed E-state index contributed by atoms with van der Waals surface area (Å²) in [5.74, 6) is 0.0694. The first-order valence-electron chi connectivity index (χ1n) is 5.98. The van der Waals surface area contributed by atoms with Gasteiger partial charge in [0.1, 0.15) is 0 Å². The molecule has 106 valence electrons. The standard InChI is InChI=1S/C13H17ClO4S/c1-10(2)9-18-13(15)8-5-11-3-6-12(7-4-11)19(14,16)17/h3-4,6-7,10H,5,8-9H2,1-2H3. The van der Waals surface area contributed by atoms with Gasteiger partial charge in [-0.1, -0.05) is 26.0 Å². The molecule has 0 aliphatic rings. The minimum absolute atomic E-state index is 0.0558. The predicted molar refractivity (Wildman–Crippen MR) is 73.6 cm³/mol. The Morgan fingerprint density at radius 3 is 2.32 bits per heavy atom. The zero-order chi connectivity index (χ0) is 14.5. The van der Waals surface area contributed by atoms with E-state index in [0.717, 1.165) is 5.56 Å². The van der Waals surface area contributed by atoms with Gasteiger partial charge < -0.3 is 4.74 Å². The molecule has 0 N–H and O–H groups in total. The van der Waals surface area contributed by atoms with Crippen LogP contribution in [0, 0.1) is 5.92 Å². The summed E-state index contributed by atoms with van der Waals surface area (Å²) >= 11 is 0. The number of carbonyl (C=O) groups is 1. The van der Waals surface area contributed by atoms with Crippen LogP contribution in [0.15, 0.2) is 29.2 Å². The summed E-state index contributed by atoms with van der Waals surface area (Å²) in [4.78, 5) is 11.5. The molecule has 0 heterocycles. The maximum atomic E-state index is 11.4. The number of ether oxygens (including phenoxy) is 1. The lowest BCUT2D eigenvalue weighted by Crippen LogP contribution is -2.10. The van der Waals surface area contributed by atoms with E-state index < -0.39 is 9.05 Å². The van der Waals surface area contributed by atoms with Crippen molar-refractivity contribution in [2.45, 2.75) is 31.6 Å². The van der Waals surface area contributed by atoms with Crippen LogP contribution in [-0.2, 0) is 25.0 Å². The SMILES string of the molecule is CC(C)COC(=O)CCc1ccc(S(=O)(=O)Cl)cc1. The van der Waals surface area contributed by atoms with Crippen molar-refractivity contribution >= 4 is 25.7 Å². The Hall–Kier alpha value is -1.07. The van der Waals surface area contributed by atoms with Crippen molar-refractivity contribution in [3.63, 3.8) is 0 Å². The molecule has 0 aromatic heterocycles. The third-order valence-corrected chi connectivity index (χ3v) is 3.77. The maximum Gasteiger partial charge on any atom is 0.306 e. The van der Waals surface area contributed by atoms with Crippen molar-refractivity contribution in [3.05, 3.63) is 29.8 Å². The summed E-state index contributed by atoms with van der Waals surface area (Å²) in [6.07, 6.45) is 0.791. The third-order valence-electron chi connectivity index (χ3n) is 2.40. The van der Waals surface area contributed by atoms with E-state index in [-0.39, 0.29) is 17.3 Å². The average molecular weight is 305 g/mol. The second-order valence-electron chi connectivity index (χ2n) is 4.66. The molecule has 0 saturated heterocycles. The highest BCUT2D eigenvalue weighted by atomic mass is 35.7. The molecule has 6 heteroatoms. The van der Waals surface area contributed by atoms with E-state index in [1.54, 1.807) is 12.1 Å². The van der Waals surface area contributed by atoms with Crippen LogP contribution in [0.5, 0.6) is 0 Å². The Morgan fingerprint density at radius 1 is 1.26 bits per heavy atom. The molecule has 0 atom stereocenters. The Kier molecular flexibility index (Phi) is 5.82. The minimum Gasteiger partial charge on any atom is -0.465 e. The Morgan fingerprint density at radius 2 is 1.84 bits per heavy atom. The van der Waals surface area contributed by atoms with Crippen molar-refractivity contribution in [2.24, 2.45) is 5.92 Å². The lowest BCUT2D eigenvalue weighted by atomic mass is 10.1. The number of rotatable bonds is 6. The molecule has 19 heavy (non-hydrogen) atoms. The Labute approximate surface area is 118 Å². The summed E-state index contributed by atoms with van der Waals surface area (Å²) < 4.78 is 27.1. The smallest absolute Gasteiger partial charge is 0.306 e. The molecule has 1 aromatic carbocycles. The fourth-order valence-electron chi connectivity index (χ4n) is 1.40. The van der Waals surface area contributed by atoms with E-state index >= 15 is 0 Å². The van der Waals surface area contributed by atoms with Crippen LogP contribution < -0.4 is 0 Å². The molecule has 0 bridgehead atoms. The van der Waals surface area contributed by atoms with E-state index in [2.05, 4.69) is 0 Å². The first-order chi connectivity index (χ1) is 8.79. The number of aryl methyl sites for hydroxylation is 1. The monoisotopic (exact) mass is 304 g/mol. The van der Waals surface area contributed by atoms with Gasteiger partial charge in [-0.05, 0) is 30.0 Å². The molecule has 0 aliphatic carbocycles. The van der Waals surface area contributed by atoms with Crippen LogP contribution in [0.2, 0.25) is 0 Å². The van der Waals surface area contributed by atoms with Crippen molar-refractivity contribution in [3.8, 4) is 0 Å². The molecule has 1 aromatic rings. The van der Waals surface area contributed by atoms with Crippen molar-refractivity contribution in [1.82, 2.24) is 0 Å². The summed E-state index contributed by atoms with van der Waals surface area (Å²) in [7, 11) is 1.52. The average Bonchev–Trinajstić information content (AvgIpc) is 2.33. The molecular weight excluding hydrogens is 288 g/mol. The Bertz CT molecular complexity index is 520. The fraction of sp³-hybridized carbons (Fsp3) is 0.462. The second kappa shape index (κ2) is 6.91. The van der Waals surface area contributed by atoms with Gasteiger partial charge in [-0.25, -0.2) is 8.42 Å². The first-order valence-corrected chi connectivity index (χ1v) is 8.29. The summed E-state index contributed by atoms with van der Waals surface area (Å²) in [5.41, 5.74) is 0.866. The number of esters is 1. The zero-order valence-corrected chi connectivity index (χ0v) is 12.5. The first kappa shape index (κ1) is 16.0. The van der Waals surface area contributed by atoms with Gasteiger partial charge in [0.15, 0.2) is 0 Å². The highest BCUT2D eigenvalue weighted by Crippen LogP contribution is 2.16. The van der Waals surface area contributed by atoms with Gasteiger partial charge >= 0.3 is 5.97 Å². The summed E-state index contributed by atoms with van der Waals surface area (Å²) in [5, 5.41) is 0. The highest BCUT2D eigenvalue weighted by Gasteiger charge is 2.10. The van der Waals surface area contributed by atoms with Gasteiger partial charge in [-0.2, -0.15) is 0 Å². The largest absolute Gasteiger partial charge is 0.465 e.